The molecule has 0 saturated carbocycles. The molecule has 2 aromatic rings. The first kappa shape index (κ1) is 14.4. The van der Waals surface area contributed by atoms with Crippen molar-refractivity contribution in [2.75, 3.05) is 25.6 Å². The highest BCUT2D eigenvalue weighted by Gasteiger charge is 2.10. The number of hydrogen-bond acceptors (Lipinski definition) is 5. The van der Waals surface area contributed by atoms with Crippen LogP contribution in [0.25, 0.3) is 0 Å². The van der Waals surface area contributed by atoms with E-state index < -0.39 is 0 Å². The fraction of sp³-hybridized carbons (Fsp3) is 0.400. The fourth-order valence-electron chi connectivity index (χ4n) is 1.84. The second-order valence-electron chi connectivity index (χ2n) is 4.56. The summed E-state index contributed by atoms with van der Waals surface area (Å²) in [6.07, 6.45) is 2.80. The fourth-order valence-corrected chi connectivity index (χ4v) is 1.84. The van der Waals surface area contributed by atoms with Crippen LogP contribution in [0.2, 0.25) is 0 Å². The monoisotopic (exact) mass is 275 g/mol. The van der Waals surface area contributed by atoms with E-state index in [1.807, 2.05) is 36.2 Å². The summed E-state index contributed by atoms with van der Waals surface area (Å²) in [4.78, 5) is 6.37. The molecular weight excluding hydrogens is 254 g/mol. The smallest absolute Gasteiger partial charge is 0.301 e. The van der Waals surface area contributed by atoms with Crippen molar-refractivity contribution in [1.82, 2.24) is 10.3 Å². The van der Waals surface area contributed by atoms with Gasteiger partial charge in [0.15, 0.2) is 0 Å². The van der Waals surface area contributed by atoms with Crippen molar-refractivity contribution in [3.63, 3.8) is 0 Å². The second-order valence-corrected chi connectivity index (χ2v) is 4.56. The lowest BCUT2D eigenvalue weighted by atomic mass is 10.3. The molecule has 108 valence electrons. The van der Waals surface area contributed by atoms with E-state index >= 15 is 0 Å². The Bertz CT molecular complexity index is 522. The van der Waals surface area contributed by atoms with Gasteiger partial charge in [-0.1, -0.05) is 6.92 Å². The maximum Gasteiger partial charge on any atom is 0.301 e. The summed E-state index contributed by atoms with van der Waals surface area (Å²) in [6, 6.07) is 8.36. The summed E-state index contributed by atoms with van der Waals surface area (Å²) in [6.45, 7) is 3.85. The number of methoxy groups -OCH3 is 1. The molecule has 1 aromatic heterocycles. The first-order valence-corrected chi connectivity index (χ1v) is 6.77. The van der Waals surface area contributed by atoms with Crippen molar-refractivity contribution in [1.29, 1.82) is 0 Å². The highest BCUT2D eigenvalue weighted by atomic mass is 16.5. The number of hydrogen-bond donors (Lipinski definition) is 1. The molecule has 0 radical (unpaired) electrons. The van der Waals surface area contributed by atoms with Gasteiger partial charge >= 0.3 is 6.01 Å². The van der Waals surface area contributed by atoms with Crippen LogP contribution in [0.15, 0.2) is 34.9 Å². The maximum absolute atomic E-state index is 5.51. The molecule has 0 spiro atoms. The van der Waals surface area contributed by atoms with E-state index in [-0.39, 0.29) is 0 Å². The Morgan fingerprint density at radius 2 is 2.05 bits per heavy atom. The molecule has 1 N–H and O–H groups in total. The molecule has 1 aromatic carbocycles. The minimum absolute atomic E-state index is 0.587. The Morgan fingerprint density at radius 1 is 1.30 bits per heavy atom. The Labute approximate surface area is 119 Å². The first-order valence-electron chi connectivity index (χ1n) is 6.77. The van der Waals surface area contributed by atoms with Crippen molar-refractivity contribution >= 4 is 11.7 Å². The largest absolute Gasteiger partial charge is 0.497 e. The lowest BCUT2D eigenvalue weighted by Gasteiger charge is -2.14. The summed E-state index contributed by atoms with van der Waals surface area (Å²) in [5.41, 5.74) is 1.91. The van der Waals surface area contributed by atoms with Gasteiger partial charge in [-0.2, -0.15) is 4.98 Å². The summed E-state index contributed by atoms with van der Waals surface area (Å²) in [5, 5.41) is 3.30. The van der Waals surface area contributed by atoms with Crippen LogP contribution < -0.4 is 15.0 Å². The molecule has 0 saturated heterocycles. The van der Waals surface area contributed by atoms with Gasteiger partial charge in [0.25, 0.3) is 0 Å². The molecule has 5 nitrogen and oxygen atoms in total. The Hall–Kier alpha value is -2.01. The quantitative estimate of drug-likeness (QED) is 0.787. The van der Waals surface area contributed by atoms with Crippen LogP contribution >= 0.6 is 0 Å². The molecule has 0 unspecified atom stereocenters. The van der Waals surface area contributed by atoms with Crippen molar-refractivity contribution in [3.8, 4) is 5.75 Å². The average molecular weight is 275 g/mol. The Morgan fingerprint density at radius 3 is 2.70 bits per heavy atom. The van der Waals surface area contributed by atoms with Gasteiger partial charge in [-0.15, -0.1) is 0 Å². The van der Waals surface area contributed by atoms with Crippen molar-refractivity contribution in [2.24, 2.45) is 0 Å². The summed E-state index contributed by atoms with van der Waals surface area (Å²) >= 11 is 0. The van der Waals surface area contributed by atoms with Crippen LogP contribution in [0.1, 0.15) is 19.0 Å². The lowest BCUT2D eigenvalue weighted by Crippen LogP contribution is -2.14. The van der Waals surface area contributed by atoms with Gasteiger partial charge in [-0.25, -0.2) is 0 Å². The van der Waals surface area contributed by atoms with Gasteiger partial charge in [0, 0.05) is 19.3 Å². The zero-order valence-corrected chi connectivity index (χ0v) is 12.2. The molecule has 0 bridgehead atoms. The SMILES string of the molecule is CCCNCc1coc(N(C)c2ccc(OC)cc2)n1. The van der Waals surface area contributed by atoms with Crippen molar-refractivity contribution < 1.29 is 9.15 Å². The molecule has 0 aliphatic heterocycles. The zero-order chi connectivity index (χ0) is 14.4. The second kappa shape index (κ2) is 6.96. The van der Waals surface area contributed by atoms with Gasteiger partial charge < -0.3 is 14.5 Å². The van der Waals surface area contributed by atoms with E-state index in [1.165, 1.54) is 0 Å². The van der Waals surface area contributed by atoms with Crippen LogP contribution in [-0.2, 0) is 6.54 Å². The first-order chi connectivity index (χ1) is 9.74. The third-order valence-electron chi connectivity index (χ3n) is 3.02. The predicted octanol–water partition coefficient (Wildman–Crippen LogP) is 2.95. The predicted molar refractivity (Wildman–Crippen MR) is 79.6 cm³/mol. The van der Waals surface area contributed by atoms with Crippen molar-refractivity contribution in [3.05, 3.63) is 36.2 Å². The van der Waals surface area contributed by atoms with E-state index in [0.717, 1.165) is 36.6 Å². The summed E-state index contributed by atoms with van der Waals surface area (Å²) < 4.78 is 10.7. The third-order valence-corrected chi connectivity index (χ3v) is 3.02. The minimum atomic E-state index is 0.587. The zero-order valence-electron chi connectivity index (χ0n) is 12.2. The van der Waals surface area contributed by atoms with E-state index in [1.54, 1.807) is 13.4 Å². The molecule has 1 heterocycles. The number of nitrogens with one attached hydrogen (secondary N) is 1. The number of ether oxygens (including phenoxy) is 1. The molecule has 0 fully saturated rings. The highest BCUT2D eigenvalue weighted by Crippen LogP contribution is 2.24. The molecule has 0 amide bonds. The number of oxazole rings is 1. The maximum atomic E-state index is 5.51. The van der Waals surface area contributed by atoms with Gasteiger partial charge in [0.05, 0.1) is 12.8 Å². The summed E-state index contributed by atoms with van der Waals surface area (Å²) in [5.74, 6) is 0.832. The third kappa shape index (κ3) is 3.51. The van der Waals surface area contributed by atoms with Crippen molar-refractivity contribution in [2.45, 2.75) is 19.9 Å². The standard InChI is InChI=1S/C15H21N3O2/c1-4-9-16-10-12-11-20-15(17-12)18(2)13-5-7-14(19-3)8-6-13/h5-8,11,16H,4,9-10H2,1-3H3. The van der Waals surface area contributed by atoms with Gasteiger partial charge in [0.2, 0.25) is 0 Å². The number of aromatic nitrogens is 1. The molecule has 20 heavy (non-hydrogen) atoms. The van der Waals surface area contributed by atoms with Crippen LogP contribution in [-0.4, -0.2) is 25.7 Å². The van der Waals surface area contributed by atoms with E-state index in [4.69, 9.17) is 9.15 Å². The van der Waals surface area contributed by atoms with Gasteiger partial charge in [0.1, 0.15) is 12.0 Å². The number of benzene rings is 1. The van der Waals surface area contributed by atoms with Crippen LogP contribution in [0.5, 0.6) is 5.75 Å². The molecule has 0 aliphatic carbocycles. The lowest BCUT2D eigenvalue weighted by molar-refractivity contribution is 0.415. The molecule has 5 heteroatoms. The van der Waals surface area contributed by atoms with Gasteiger partial charge in [-0.3, -0.25) is 4.90 Å². The van der Waals surface area contributed by atoms with E-state index in [9.17, 15) is 0 Å². The molecule has 0 atom stereocenters. The Balaban J connectivity index is 2.02. The Kier molecular flexibility index (Phi) is 5.01. The topological polar surface area (TPSA) is 50.5 Å². The normalized spacial score (nSPS) is 10.6. The van der Waals surface area contributed by atoms with E-state index in [0.29, 0.717) is 6.01 Å². The number of nitrogens with zero attached hydrogens (tertiary/aromatic N) is 2. The van der Waals surface area contributed by atoms with Crippen LogP contribution in [0, 0.1) is 0 Å². The van der Waals surface area contributed by atoms with Gasteiger partial charge in [-0.05, 0) is 37.2 Å². The number of rotatable bonds is 7. The van der Waals surface area contributed by atoms with Crippen LogP contribution in [0.4, 0.5) is 11.7 Å². The number of anilines is 2. The molecule has 0 aliphatic rings. The molecular formula is C15H21N3O2. The molecule has 2 rings (SSSR count). The highest BCUT2D eigenvalue weighted by molar-refractivity contribution is 5.56. The average Bonchev–Trinajstić information content (AvgIpc) is 2.96. The minimum Gasteiger partial charge on any atom is -0.497 e. The summed E-state index contributed by atoms with van der Waals surface area (Å²) in [7, 11) is 3.58. The van der Waals surface area contributed by atoms with E-state index in [2.05, 4.69) is 17.2 Å². The van der Waals surface area contributed by atoms with Crippen LogP contribution in [0.3, 0.4) is 0 Å².